The van der Waals surface area contributed by atoms with Crippen LogP contribution in [0.2, 0.25) is 0 Å². The van der Waals surface area contributed by atoms with Crippen molar-refractivity contribution >= 4 is 11.6 Å². The SMILES string of the molecule is CN(C)[C@@H]1CCN(C(=O)c2ccc(C#CC#Cc3ccc(NCC4=C(O)C(O)C=CO4)cc3)cc2)C1. The number of carbonyl (C=O) groups excluding carboxylic acids is 1. The van der Waals surface area contributed by atoms with Gasteiger partial charge >= 0.3 is 0 Å². The molecule has 3 N–H and O–H groups in total. The lowest BCUT2D eigenvalue weighted by Gasteiger charge is -2.20. The molecule has 0 bridgehead atoms. The van der Waals surface area contributed by atoms with Crippen LogP contribution in [0, 0.1) is 23.7 Å². The molecule has 7 heteroatoms. The molecule has 0 saturated carbocycles. The molecular formula is C29H29N3O4. The van der Waals surface area contributed by atoms with Crippen molar-refractivity contribution < 1.29 is 19.7 Å². The summed E-state index contributed by atoms with van der Waals surface area (Å²) in [5, 5.41) is 22.6. The molecule has 1 unspecified atom stereocenters. The number of hydrogen-bond acceptors (Lipinski definition) is 6. The molecule has 1 amide bonds. The standard InChI is InChI=1S/C29H29N3O4/c1-31(2)25-15-17-32(20-25)29(35)23-11-7-21(8-12-23)5-3-4-6-22-9-13-24(14-10-22)30-19-27-28(34)26(33)16-18-36-27/h7-14,16,18,25-26,30,33-34H,15,17,19-20H2,1-2H3/t25-,26?/m1/s1. The maximum absolute atomic E-state index is 12.7. The first-order valence-corrected chi connectivity index (χ1v) is 11.8. The Morgan fingerprint density at radius 1 is 1.08 bits per heavy atom. The van der Waals surface area contributed by atoms with Crippen molar-refractivity contribution in [2.75, 3.05) is 39.0 Å². The largest absolute Gasteiger partial charge is 0.506 e. The molecule has 2 aliphatic rings. The van der Waals surface area contributed by atoms with Crippen molar-refractivity contribution in [2.24, 2.45) is 0 Å². The van der Waals surface area contributed by atoms with Gasteiger partial charge in [0, 0.05) is 41.5 Å². The van der Waals surface area contributed by atoms with E-state index in [0.717, 1.165) is 36.3 Å². The summed E-state index contributed by atoms with van der Waals surface area (Å²) in [5.74, 6) is 11.9. The van der Waals surface area contributed by atoms with Gasteiger partial charge in [-0.15, -0.1) is 0 Å². The zero-order valence-electron chi connectivity index (χ0n) is 20.4. The summed E-state index contributed by atoms with van der Waals surface area (Å²) in [5.41, 5.74) is 3.11. The van der Waals surface area contributed by atoms with Crippen LogP contribution in [0.1, 0.15) is 27.9 Å². The van der Waals surface area contributed by atoms with Crippen molar-refractivity contribution in [3.8, 4) is 23.7 Å². The lowest BCUT2D eigenvalue weighted by Crippen LogP contribution is -2.34. The number of amides is 1. The second kappa shape index (κ2) is 11.5. The predicted molar refractivity (Wildman–Crippen MR) is 139 cm³/mol. The van der Waals surface area contributed by atoms with E-state index < -0.39 is 6.10 Å². The second-order valence-electron chi connectivity index (χ2n) is 8.87. The first kappa shape index (κ1) is 24.9. The number of aliphatic hydroxyl groups excluding tert-OH is 2. The van der Waals surface area contributed by atoms with Crippen LogP contribution in [0.25, 0.3) is 0 Å². The quantitative estimate of drug-likeness (QED) is 0.567. The Labute approximate surface area is 211 Å². The van der Waals surface area contributed by atoms with Crippen LogP contribution < -0.4 is 5.32 Å². The van der Waals surface area contributed by atoms with E-state index >= 15 is 0 Å². The Hall–Kier alpha value is -4.17. The topological polar surface area (TPSA) is 85.3 Å². The number of nitrogens with zero attached hydrogens (tertiary/aromatic N) is 2. The fourth-order valence-electron chi connectivity index (χ4n) is 3.93. The third kappa shape index (κ3) is 6.28. The molecule has 0 spiro atoms. The van der Waals surface area contributed by atoms with E-state index in [9.17, 15) is 15.0 Å². The molecule has 184 valence electrons. The molecule has 1 fully saturated rings. The number of rotatable bonds is 5. The van der Waals surface area contributed by atoms with Crippen molar-refractivity contribution in [3.05, 3.63) is 89.1 Å². The Kier molecular flexibility index (Phi) is 7.97. The third-order valence-corrected chi connectivity index (χ3v) is 6.16. The van der Waals surface area contributed by atoms with Crippen molar-refractivity contribution in [3.63, 3.8) is 0 Å². The van der Waals surface area contributed by atoms with Crippen LogP contribution in [0.3, 0.4) is 0 Å². The summed E-state index contributed by atoms with van der Waals surface area (Å²) in [7, 11) is 4.10. The number of ether oxygens (including phenoxy) is 1. The van der Waals surface area contributed by atoms with Crippen molar-refractivity contribution in [1.82, 2.24) is 9.80 Å². The third-order valence-electron chi connectivity index (χ3n) is 6.16. The molecule has 2 aromatic rings. The van der Waals surface area contributed by atoms with Gasteiger partial charge in [-0.1, -0.05) is 11.8 Å². The fourth-order valence-corrected chi connectivity index (χ4v) is 3.93. The number of likely N-dealkylation sites (N-methyl/N-ethyl adjacent to an activating group) is 1. The lowest BCUT2D eigenvalue weighted by molar-refractivity contribution is 0.0783. The van der Waals surface area contributed by atoms with Gasteiger partial charge in [0.1, 0.15) is 6.10 Å². The minimum absolute atomic E-state index is 0.0609. The van der Waals surface area contributed by atoms with Gasteiger partial charge in [-0.2, -0.15) is 0 Å². The van der Waals surface area contributed by atoms with Gasteiger partial charge in [0.2, 0.25) is 0 Å². The monoisotopic (exact) mass is 483 g/mol. The molecule has 0 aromatic heterocycles. The number of aliphatic hydroxyl groups is 2. The molecule has 0 aliphatic carbocycles. The van der Waals surface area contributed by atoms with Gasteiger partial charge in [-0.3, -0.25) is 4.79 Å². The number of carbonyl (C=O) groups is 1. The molecule has 1 saturated heterocycles. The summed E-state index contributed by atoms with van der Waals surface area (Å²) >= 11 is 0. The number of likely N-dealkylation sites (tertiary alicyclic amines) is 1. The predicted octanol–water partition coefficient (Wildman–Crippen LogP) is 2.95. The first-order valence-electron chi connectivity index (χ1n) is 11.8. The summed E-state index contributed by atoms with van der Waals surface area (Å²) in [6.07, 6.45) is 2.67. The Bertz CT molecular complexity index is 1270. The van der Waals surface area contributed by atoms with Gasteiger partial charge in [0.05, 0.1) is 12.8 Å². The highest BCUT2D eigenvalue weighted by Gasteiger charge is 2.27. The minimum Gasteiger partial charge on any atom is -0.506 e. The smallest absolute Gasteiger partial charge is 0.253 e. The average Bonchev–Trinajstić information content (AvgIpc) is 3.39. The molecule has 2 aliphatic heterocycles. The van der Waals surface area contributed by atoms with Crippen LogP contribution >= 0.6 is 0 Å². The zero-order valence-corrected chi connectivity index (χ0v) is 20.4. The minimum atomic E-state index is -1.04. The number of hydrogen-bond donors (Lipinski definition) is 3. The number of nitrogens with one attached hydrogen (secondary N) is 1. The van der Waals surface area contributed by atoms with Crippen LogP contribution in [-0.4, -0.2) is 71.8 Å². The van der Waals surface area contributed by atoms with Crippen LogP contribution in [0.4, 0.5) is 5.69 Å². The number of benzene rings is 2. The molecule has 2 atom stereocenters. The van der Waals surface area contributed by atoms with E-state index in [1.807, 2.05) is 67.5 Å². The van der Waals surface area contributed by atoms with Gasteiger partial charge in [0.15, 0.2) is 11.5 Å². The Morgan fingerprint density at radius 3 is 2.33 bits per heavy atom. The molecule has 2 aromatic carbocycles. The van der Waals surface area contributed by atoms with Gasteiger partial charge in [-0.05, 0) is 87.0 Å². The van der Waals surface area contributed by atoms with Crippen molar-refractivity contribution in [1.29, 1.82) is 0 Å². The van der Waals surface area contributed by atoms with Gasteiger partial charge in [-0.25, -0.2) is 0 Å². The van der Waals surface area contributed by atoms with E-state index in [2.05, 4.69) is 33.9 Å². The second-order valence-corrected chi connectivity index (χ2v) is 8.87. The van der Waals surface area contributed by atoms with E-state index in [4.69, 9.17) is 4.74 Å². The van der Waals surface area contributed by atoms with Gasteiger partial charge in [0.25, 0.3) is 5.91 Å². The molecule has 0 radical (unpaired) electrons. The van der Waals surface area contributed by atoms with Gasteiger partial charge < -0.3 is 30.1 Å². The summed E-state index contributed by atoms with van der Waals surface area (Å²) in [4.78, 5) is 16.8. The van der Waals surface area contributed by atoms with Crippen LogP contribution in [0.5, 0.6) is 0 Å². The lowest BCUT2D eigenvalue weighted by atomic mass is 10.1. The van der Waals surface area contributed by atoms with E-state index in [0.29, 0.717) is 11.6 Å². The normalized spacial score (nSPS) is 18.7. The zero-order chi connectivity index (χ0) is 25.5. The summed E-state index contributed by atoms with van der Waals surface area (Å²) < 4.78 is 5.23. The molecule has 7 nitrogen and oxygen atoms in total. The molecular weight excluding hydrogens is 454 g/mol. The highest BCUT2D eigenvalue weighted by molar-refractivity contribution is 5.94. The molecule has 4 rings (SSSR count). The van der Waals surface area contributed by atoms with Crippen molar-refractivity contribution in [2.45, 2.75) is 18.6 Å². The summed E-state index contributed by atoms with van der Waals surface area (Å²) in [6.45, 7) is 1.79. The highest BCUT2D eigenvalue weighted by atomic mass is 16.5. The Balaban J connectivity index is 1.29. The van der Waals surface area contributed by atoms with Crippen LogP contribution in [-0.2, 0) is 4.74 Å². The molecule has 36 heavy (non-hydrogen) atoms. The first-order chi connectivity index (χ1) is 17.4. The summed E-state index contributed by atoms with van der Waals surface area (Å²) in [6, 6.07) is 15.2. The maximum atomic E-state index is 12.7. The maximum Gasteiger partial charge on any atom is 0.253 e. The van der Waals surface area contributed by atoms with E-state index in [-0.39, 0.29) is 24.0 Å². The van der Waals surface area contributed by atoms with Crippen LogP contribution in [0.15, 0.2) is 72.4 Å². The molecule has 2 heterocycles. The Morgan fingerprint density at radius 2 is 1.72 bits per heavy atom. The number of anilines is 1. The average molecular weight is 484 g/mol. The van der Waals surface area contributed by atoms with E-state index in [1.54, 1.807) is 0 Å². The fraction of sp³-hybridized carbons (Fsp3) is 0.276. The van der Waals surface area contributed by atoms with E-state index in [1.165, 1.54) is 12.3 Å². The highest BCUT2D eigenvalue weighted by Crippen LogP contribution is 2.18.